The van der Waals surface area contributed by atoms with Gasteiger partial charge in [-0.05, 0) is 30.9 Å². The smallest absolute Gasteiger partial charge is 0.190 e. The van der Waals surface area contributed by atoms with Crippen LogP contribution in [-0.2, 0) is 0 Å². The Morgan fingerprint density at radius 3 is 2.89 bits per heavy atom. The Morgan fingerprint density at radius 2 is 2.21 bits per heavy atom. The molecule has 2 atom stereocenters. The van der Waals surface area contributed by atoms with Gasteiger partial charge in [0.25, 0.3) is 0 Å². The van der Waals surface area contributed by atoms with Crippen molar-refractivity contribution in [2.24, 2.45) is 16.8 Å². The third-order valence-corrected chi connectivity index (χ3v) is 4.08. The maximum atomic E-state index is 8.86. The summed E-state index contributed by atoms with van der Waals surface area (Å²) in [5.74, 6) is 0.713. The van der Waals surface area contributed by atoms with Gasteiger partial charge < -0.3 is 15.8 Å². The van der Waals surface area contributed by atoms with Crippen LogP contribution in [0.2, 0.25) is 0 Å². The zero-order valence-corrected chi connectivity index (χ0v) is 11.6. The van der Waals surface area contributed by atoms with Crippen molar-refractivity contribution in [3.8, 4) is 0 Å². The molecular formula is C14H22N4O. The first-order valence-electron chi connectivity index (χ1n) is 6.81. The van der Waals surface area contributed by atoms with E-state index >= 15 is 0 Å². The molecule has 5 nitrogen and oxygen atoms in total. The molecule has 0 amide bonds. The molecule has 1 aromatic heterocycles. The molecule has 104 valence electrons. The molecule has 1 heterocycles. The van der Waals surface area contributed by atoms with E-state index in [1.54, 1.807) is 6.20 Å². The molecule has 1 aliphatic rings. The van der Waals surface area contributed by atoms with E-state index in [0.29, 0.717) is 17.7 Å². The molecule has 2 unspecified atom stereocenters. The lowest BCUT2D eigenvalue weighted by atomic mass is 9.85. The molecule has 19 heavy (non-hydrogen) atoms. The number of oxime groups is 1. The van der Waals surface area contributed by atoms with Crippen LogP contribution in [0.25, 0.3) is 0 Å². The fourth-order valence-corrected chi connectivity index (χ4v) is 2.98. The van der Waals surface area contributed by atoms with Gasteiger partial charge in [0.05, 0.1) is 5.69 Å². The molecule has 0 radical (unpaired) electrons. The van der Waals surface area contributed by atoms with Crippen molar-refractivity contribution in [3.63, 3.8) is 0 Å². The SMILES string of the molecule is CC1CCCCC1N(C)c1cccnc1/C(N)=N/O. The average Bonchev–Trinajstić information content (AvgIpc) is 2.46. The molecule has 3 N–H and O–H groups in total. The van der Waals surface area contributed by atoms with Gasteiger partial charge in [0.1, 0.15) is 5.69 Å². The number of anilines is 1. The lowest BCUT2D eigenvalue weighted by molar-refractivity contribution is 0.317. The minimum atomic E-state index is 0.0610. The summed E-state index contributed by atoms with van der Waals surface area (Å²) in [5, 5.41) is 11.9. The van der Waals surface area contributed by atoms with Crippen molar-refractivity contribution in [2.75, 3.05) is 11.9 Å². The molecular weight excluding hydrogens is 240 g/mol. The standard InChI is InChI=1S/C14H22N4O/c1-10-6-3-4-7-11(10)18(2)12-8-5-9-16-13(12)14(15)17-19/h5,8-11,19H,3-4,6-7H2,1-2H3,(H2,15,17). The predicted molar refractivity (Wildman–Crippen MR) is 76.6 cm³/mol. The van der Waals surface area contributed by atoms with Crippen LogP contribution in [-0.4, -0.2) is 29.1 Å². The fraction of sp³-hybridized carbons (Fsp3) is 0.571. The summed E-state index contributed by atoms with van der Waals surface area (Å²) in [7, 11) is 2.07. The zero-order valence-electron chi connectivity index (χ0n) is 11.6. The van der Waals surface area contributed by atoms with Crippen LogP contribution >= 0.6 is 0 Å². The van der Waals surface area contributed by atoms with Crippen LogP contribution in [0, 0.1) is 5.92 Å². The molecule has 1 saturated carbocycles. The number of aromatic nitrogens is 1. The lowest BCUT2D eigenvalue weighted by Gasteiger charge is -2.38. The Bertz CT molecular complexity index is 461. The van der Waals surface area contributed by atoms with Crippen LogP contribution in [0.4, 0.5) is 5.69 Å². The maximum Gasteiger partial charge on any atom is 0.190 e. The first-order chi connectivity index (χ1) is 9.15. The van der Waals surface area contributed by atoms with Gasteiger partial charge in [-0.1, -0.05) is 24.9 Å². The van der Waals surface area contributed by atoms with Crippen LogP contribution in [0.1, 0.15) is 38.3 Å². The number of hydrogen-bond donors (Lipinski definition) is 2. The largest absolute Gasteiger partial charge is 0.409 e. The van der Waals surface area contributed by atoms with Gasteiger partial charge in [-0.3, -0.25) is 4.98 Å². The van der Waals surface area contributed by atoms with Crippen LogP contribution in [0.5, 0.6) is 0 Å². The van der Waals surface area contributed by atoms with E-state index in [-0.39, 0.29) is 5.84 Å². The summed E-state index contributed by atoms with van der Waals surface area (Å²) in [5.41, 5.74) is 7.18. The van der Waals surface area contributed by atoms with E-state index < -0.39 is 0 Å². The molecule has 0 aliphatic heterocycles. The third-order valence-electron chi connectivity index (χ3n) is 4.08. The monoisotopic (exact) mass is 262 g/mol. The molecule has 1 aromatic rings. The van der Waals surface area contributed by atoms with Gasteiger partial charge in [0, 0.05) is 19.3 Å². The summed E-state index contributed by atoms with van der Waals surface area (Å²) in [6, 6.07) is 4.35. The highest BCUT2D eigenvalue weighted by Crippen LogP contribution is 2.31. The maximum absolute atomic E-state index is 8.86. The van der Waals surface area contributed by atoms with E-state index in [4.69, 9.17) is 10.9 Å². The van der Waals surface area contributed by atoms with Crippen LogP contribution < -0.4 is 10.6 Å². The number of rotatable bonds is 3. The van der Waals surface area contributed by atoms with Crippen molar-refractivity contribution in [1.29, 1.82) is 0 Å². The highest BCUT2D eigenvalue weighted by Gasteiger charge is 2.27. The molecule has 0 aromatic carbocycles. The molecule has 0 bridgehead atoms. The van der Waals surface area contributed by atoms with Crippen LogP contribution in [0.15, 0.2) is 23.5 Å². The number of hydrogen-bond acceptors (Lipinski definition) is 4. The summed E-state index contributed by atoms with van der Waals surface area (Å²) < 4.78 is 0. The van der Waals surface area contributed by atoms with Gasteiger partial charge in [-0.2, -0.15) is 0 Å². The van der Waals surface area contributed by atoms with Gasteiger partial charge >= 0.3 is 0 Å². The van der Waals surface area contributed by atoms with Crippen LogP contribution in [0.3, 0.4) is 0 Å². The van der Waals surface area contributed by atoms with Gasteiger partial charge in [0.2, 0.25) is 0 Å². The second-order valence-corrected chi connectivity index (χ2v) is 5.30. The minimum Gasteiger partial charge on any atom is -0.409 e. The number of nitrogens with two attached hydrogens (primary N) is 1. The molecule has 1 fully saturated rings. The Morgan fingerprint density at radius 1 is 1.47 bits per heavy atom. The third kappa shape index (κ3) is 2.80. The van der Waals surface area contributed by atoms with E-state index in [0.717, 1.165) is 5.69 Å². The summed E-state index contributed by atoms with van der Waals surface area (Å²) in [4.78, 5) is 6.46. The normalized spacial score (nSPS) is 24.2. The van der Waals surface area contributed by atoms with Crippen molar-refractivity contribution < 1.29 is 5.21 Å². The quantitative estimate of drug-likeness (QED) is 0.379. The van der Waals surface area contributed by atoms with Crippen molar-refractivity contribution >= 4 is 11.5 Å². The average molecular weight is 262 g/mol. The molecule has 0 saturated heterocycles. The highest BCUT2D eigenvalue weighted by molar-refractivity contribution is 6.00. The Hall–Kier alpha value is -1.78. The van der Waals surface area contributed by atoms with Crippen molar-refractivity contribution in [3.05, 3.63) is 24.0 Å². The molecule has 1 aliphatic carbocycles. The predicted octanol–water partition coefficient (Wildman–Crippen LogP) is 2.19. The first kappa shape index (κ1) is 13.6. The summed E-state index contributed by atoms with van der Waals surface area (Å²) in [6.07, 6.45) is 6.68. The minimum absolute atomic E-state index is 0.0610. The molecule has 5 heteroatoms. The van der Waals surface area contributed by atoms with Crippen molar-refractivity contribution in [2.45, 2.75) is 38.6 Å². The number of pyridine rings is 1. The topological polar surface area (TPSA) is 74.7 Å². The molecule has 0 spiro atoms. The number of nitrogens with zero attached hydrogens (tertiary/aromatic N) is 3. The van der Waals surface area contributed by atoms with Gasteiger partial charge in [-0.25, -0.2) is 0 Å². The zero-order chi connectivity index (χ0) is 13.8. The second kappa shape index (κ2) is 5.91. The van der Waals surface area contributed by atoms with E-state index in [2.05, 4.69) is 29.0 Å². The first-order valence-corrected chi connectivity index (χ1v) is 6.81. The van der Waals surface area contributed by atoms with Gasteiger partial charge in [-0.15, -0.1) is 0 Å². The second-order valence-electron chi connectivity index (χ2n) is 5.30. The van der Waals surface area contributed by atoms with E-state index in [1.807, 2.05) is 12.1 Å². The van der Waals surface area contributed by atoms with Gasteiger partial charge in [0.15, 0.2) is 5.84 Å². The summed E-state index contributed by atoms with van der Waals surface area (Å²) >= 11 is 0. The van der Waals surface area contributed by atoms with E-state index in [9.17, 15) is 0 Å². The van der Waals surface area contributed by atoms with E-state index in [1.165, 1.54) is 25.7 Å². The Labute approximate surface area is 114 Å². The highest BCUT2D eigenvalue weighted by atomic mass is 16.4. The fourth-order valence-electron chi connectivity index (χ4n) is 2.98. The Balaban J connectivity index is 2.30. The summed E-state index contributed by atoms with van der Waals surface area (Å²) in [6.45, 7) is 2.29. The Kier molecular flexibility index (Phi) is 4.24. The van der Waals surface area contributed by atoms with Crippen molar-refractivity contribution in [1.82, 2.24) is 4.98 Å². The molecule has 2 rings (SSSR count). The number of amidine groups is 1. The lowest BCUT2D eigenvalue weighted by Crippen LogP contribution is -2.40.